The first-order chi connectivity index (χ1) is 33.7. The number of thiophene rings is 1. The lowest BCUT2D eigenvalue weighted by Crippen LogP contribution is -2.12. The summed E-state index contributed by atoms with van der Waals surface area (Å²) < 4.78 is 2.63. The molecule has 0 N–H and O–H groups in total. The summed E-state index contributed by atoms with van der Waals surface area (Å²) in [6, 6.07) is 95.9. The molecule has 0 spiro atoms. The van der Waals surface area contributed by atoms with Gasteiger partial charge in [0.1, 0.15) is 0 Å². The van der Waals surface area contributed by atoms with E-state index in [0.29, 0.717) is 0 Å². The Morgan fingerprint density at radius 2 is 0.706 bits per heavy atom. The van der Waals surface area contributed by atoms with Crippen molar-refractivity contribution in [3.05, 3.63) is 261 Å². The van der Waals surface area contributed by atoms with Crippen molar-refractivity contribution in [3.63, 3.8) is 0 Å². The second-order valence-corrected chi connectivity index (χ2v) is 18.6. The molecule has 0 saturated carbocycles. The Bertz CT molecular complexity index is 3940. The van der Waals surface area contributed by atoms with Gasteiger partial charge in [-0.1, -0.05) is 212 Å². The molecule has 0 aliphatic heterocycles. The van der Waals surface area contributed by atoms with Gasteiger partial charge in [0.25, 0.3) is 0 Å². The zero-order valence-corrected chi connectivity index (χ0v) is 38.0. The van der Waals surface area contributed by atoms with Crippen LogP contribution in [0.3, 0.4) is 0 Å². The third-order valence-electron chi connectivity index (χ3n) is 13.6. The van der Waals surface area contributed by atoms with Crippen LogP contribution < -0.4 is 4.90 Å². The second kappa shape index (κ2) is 16.7. The van der Waals surface area contributed by atoms with E-state index >= 15 is 0 Å². The molecule has 0 bridgehead atoms. The van der Waals surface area contributed by atoms with Gasteiger partial charge in [-0.3, -0.25) is 0 Å². The summed E-state index contributed by atoms with van der Waals surface area (Å²) in [5.41, 5.74) is 15.3. The van der Waals surface area contributed by atoms with E-state index in [1.54, 1.807) is 0 Å². The first kappa shape index (κ1) is 39.8. The lowest BCUT2D eigenvalue weighted by atomic mass is 9.88. The average molecular weight is 882 g/mol. The molecule has 0 radical (unpaired) electrons. The van der Waals surface area contributed by atoms with Crippen molar-refractivity contribution in [1.82, 2.24) is 0 Å². The van der Waals surface area contributed by atoms with Crippen LogP contribution in [0.25, 0.3) is 108 Å². The standard InChI is InChI=1S/C66H43NS/c1-3-17-44(18-4-1)49-41-50(45-19-5-2-6-20-45)43-51(42-49)46-33-37-52(38-34-46)67(53-39-35-48(36-40-53)55-29-16-31-62-58-26-13-14-32-63(58)68-66(55)62)65-61-28-12-10-25-57(61)56-24-9-11-27-60(56)64(65)59-30-15-22-47-21-7-8-23-54(47)59/h1-43H. The van der Waals surface area contributed by atoms with Gasteiger partial charge in [-0.05, 0) is 126 Å². The fourth-order valence-electron chi connectivity index (χ4n) is 10.4. The van der Waals surface area contributed by atoms with Gasteiger partial charge in [0.2, 0.25) is 0 Å². The van der Waals surface area contributed by atoms with Gasteiger partial charge in [0.05, 0.1) is 5.69 Å². The van der Waals surface area contributed by atoms with Gasteiger partial charge >= 0.3 is 0 Å². The Kier molecular flexibility index (Phi) is 9.77. The number of rotatable bonds is 8. The molecule has 68 heavy (non-hydrogen) atoms. The molecular weight excluding hydrogens is 839 g/mol. The molecule has 0 atom stereocenters. The molecule has 13 aromatic rings. The Balaban J connectivity index is 1.04. The summed E-state index contributed by atoms with van der Waals surface area (Å²) in [4.78, 5) is 2.51. The molecule has 12 aromatic carbocycles. The predicted octanol–water partition coefficient (Wildman–Crippen LogP) is 19.3. The van der Waals surface area contributed by atoms with Crippen LogP contribution in [0.1, 0.15) is 0 Å². The maximum Gasteiger partial charge on any atom is 0.0625 e. The maximum absolute atomic E-state index is 2.51. The molecule has 0 aliphatic rings. The molecule has 0 saturated heterocycles. The maximum atomic E-state index is 2.51. The van der Waals surface area contributed by atoms with Gasteiger partial charge in [0, 0.05) is 42.5 Å². The SMILES string of the molecule is c1ccc(-c2cc(-c3ccccc3)cc(-c3ccc(N(c4ccc(-c5cccc6c5sc5ccccc56)cc4)c4c(-c5cccc6ccccc56)c5ccccc5c5ccccc45)cc3)c2)cc1. The fraction of sp³-hybridized carbons (Fsp3) is 0. The number of hydrogen-bond acceptors (Lipinski definition) is 2. The molecule has 1 aromatic heterocycles. The first-order valence-corrected chi connectivity index (χ1v) is 24.1. The molecule has 0 amide bonds. The monoisotopic (exact) mass is 881 g/mol. The highest BCUT2D eigenvalue weighted by Gasteiger charge is 2.25. The van der Waals surface area contributed by atoms with Crippen molar-refractivity contribution in [2.75, 3.05) is 4.90 Å². The molecule has 1 heterocycles. The topological polar surface area (TPSA) is 3.24 Å². The van der Waals surface area contributed by atoms with E-state index in [-0.39, 0.29) is 0 Å². The summed E-state index contributed by atoms with van der Waals surface area (Å²) >= 11 is 1.88. The minimum atomic E-state index is 1.08. The molecule has 318 valence electrons. The molecule has 1 nitrogen and oxygen atoms in total. The van der Waals surface area contributed by atoms with Crippen LogP contribution in [-0.4, -0.2) is 0 Å². The Hall–Kier alpha value is -8.56. The van der Waals surface area contributed by atoms with Crippen LogP contribution in [-0.2, 0) is 0 Å². The largest absolute Gasteiger partial charge is 0.309 e. The molecule has 13 rings (SSSR count). The average Bonchev–Trinajstić information content (AvgIpc) is 3.81. The molecule has 2 heteroatoms. The zero-order valence-electron chi connectivity index (χ0n) is 37.2. The minimum Gasteiger partial charge on any atom is -0.309 e. The highest BCUT2D eigenvalue weighted by molar-refractivity contribution is 7.26. The third-order valence-corrected chi connectivity index (χ3v) is 14.9. The smallest absolute Gasteiger partial charge is 0.0625 e. The number of fused-ring (bicyclic) bond motifs is 7. The second-order valence-electron chi connectivity index (χ2n) is 17.6. The van der Waals surface area contributed by atoms with Crippen molar-refractivity contribution >= 4 is 80.9 Å². The Labute approximate surface area is 400 Å². The highest BCUT2D eigenvalue weighted by atomic mass is 32.1. The molecule has 0 unspecified atom stereocenters. The van der Waals surface area contributed by atoms with Gasteiger partial charge in [0.15, 0.2) is 0 Å². The highest BCUT2D eigenvalue weighted by Crippen LogP contribution is 2.51. The normalized spacial score (nSPS) is 11.5. The van der Waals surface area contributed by atoms with Crippen LogP contribution in [0.4, 0.5) is 17.1 Å². The van der Waals surface area contributed by atoms with Gasteiger partial charge in [-0.15, -0.1) is 11.3 Å². The molecular formula is C66H43NS. The Morgan fingerprint density at radius 3 is 1.35 bits per heavy atom. The van der Waals surface area contributed by atoms with E-state index in [0.717, 1.165) is 22.6 Å². The van der Waals surface area contributed by atoms with Gasteiger partial charge in [-0.2, -0.15) is 0 Å². The summed E-state index contributed by atoms with van der Waals surface area (Å²) in [5, 5.41) is 9.95. The fourth-order valence-corrected chi connectivity index (χ4v) is 11.7. The quantitative estimate of drug-likeness (QED) is 0.137. The van der Waals surface area contributed by atoms with Crippen LogP contribution in [0, 0.1) is 0 Å². The third kappa shape index (κ3) is 6.85. The lowest BCUT2D eigenvalue weighted by Gasteiger charge is -2.31. The summed E-state index contributed by atoms with van der Waals surface area (Å²) in [5.74, 6) is 0. The number of hydrogen-bond donors (Lipinski definition) is 0. The van der Waals surface area contributed by atoms with Crippen LogP contribution in [0.15, 0.2) is 261 Å². The van der Waals surface area contributed by atoms with Crippen molar-refractivity contribution in [2.45, 2.75) is 0 Å². The number of anilines is 3. The Morgan fingerprint density at radius 1 is 0.265 bits per heavy atom. The summed E-state index contributed by atoms with van der Waals surface area (Å²) in [6.45, 7) is 0. The zero-order chi connectivity index (χ0) is 45.0. The summed E-state index contributed by atoms with van der Waals surface area (Å²) in [6.07, 6.45) is 0. The van der Waals surface area contributed by atoms with Gasteiger partial charge in [-0.25, -0.2) is 0 Å². The van der Waals surface area contributed by atoms with Crippen molar-refractivity contribution in [1.29, 1.82) is 0 Å². The number of benzene rings is 12. The van der Waals surface area contributed by atoms with Crippen LogP contribution >= 0.6 is 11.3 Å². The lowest BCUT2D eigenvalue weighted by molar-refractivity contribution is 1.30. The van der Waals surface area contributed by atoms with E-state index in [9.17, 15) is 0 Å². The van der Waals surface area contributed by atoms with Crippen molar-refractivity contribution in [2.24, 2.45) is 0 Å². The number of nitrogens with zero attached hydrogens (tertiary/aromatic N) is 1. The van der Waals surface area contributed by atoms with Gasteiger partial charge < -0.3 is 4.90 Å². The summed E-state index contributed by atoms with van der Waals surface area (Å²) in [7, 11) is 0. The molecule has 0 fully saturated rings. The first-order valence-electron chi connectivity index (χ1n) is 23.3. The minimum absolute atomic E-state index is 1.08. The van der Waals surface area contributed by atoms with Crippen LogP contribution in [0.2, 0.25) is 0 Å². The van der Waals surface area contributed by atoms with E-state index < -0.39 is 0 Å². The van der Waals surface area contributed by atoms with Crippen LogP contribution in [0.5, 0.6) is 0 Å². The van der Waals surface area contributed by atoms with E-state index in [2.05, 4.69) is 266 Å². The van der Waals surface area contributed by atoms with Crippen molar-refractivity contribution in [3.8, 4) is 55.6 Å². The van der Waals surface area contributed by atoms with E-state index in [4.69, 9.17) is 0 Å². The van der Waals surface area contributed by atoms with E-state index in [1.807, 2.05) is 11.3 Å². The van der Waals surface area contributed by atoms with E-state index in [1.165, 1.54) is 103 Å². The predicted molar refractivity (Wildman–Crippen MR) is 294 cm³/mol. The molecule has 0 aliphatic carbocycles. The van der Waals surface area contributed by atoms with Crippen molar-refractivity contribution < 1.29 is 0 Å².